The number of anilines is 1. The van der Waals surface area contributed by atoms with Crippen LogP contribution in [-0.2, 0) is 15.1 Å². The van der Waals surface area contributed by atoms with E-state index in [4.69, 9.17) is 21.6 Å². The van der Waals surface area contributed by atoms with Gasteiger partial charge >= 0.3 is 0 Å². The smallest absolute Gasteiger partial charge is 0.275 e. The number of morpholine rings is 1. The summed E-state index contributed by atoms with van der Waals surface area (Å²) in [6.45, 7) is 6.72. The van der Waals surface area contributed by atoms with Crippen molar-refractivity contribution in [2.75, 3.05) is 38.2 Å². The zero-order valence-electron chi connectivity index (χ0n) is 21.7. The van der Waals surface area contributed by atoms with Crippen molar-refractivity contribution in [2.45, 2.75) is 31.1 Å². The molecule has 1 unspecified atom stereocenters. The van der Waals surface area contributed by atoms with E-state index in [2.05, 4.69) is 26.2 Å². The molecule has 1 fully saturated rings. The molecule has 1 aromatic heterocycles. The second-order valence-corrected chi connectivity index (χ2v) is 10.9. The van der Waals surface area contributed by atoms with E-state index in [9.17, 15) is 14.0 Å². The molecule has 206 valence electrons. The van der Waals surface area contributed by atoms with Crippen molar-refractivity contribution in [1.82, 2.24) is 14.9 Å². The molecule has 3 atom stereocenters. The lowest BCUT2D eigenvalue weighted by Gasteiger charge is -2.48. The summed E-state index contributed by atoms with van der Waals surface area (Å²) in [6, 6.07) is 2.14. The number of aromatic nitrogens is 2. The van der Waals surface area contributed by atoms with Crippen LogP contribution in [0.4, 0.5) is 14.5 Å². The summed E-state index contributed by atoms with van der Waals surface area (Å²) in [4.78, 5) is 40.5. The van der Waals surface area contributed by atoms with E-state index in [0.717, 1.165) is 24.0 Å². The minimum absolute atomic E-state index is 0.0162. The minimum Gasteiger partial charge on any atom is -0.463 e. The Kier molecular flexibility index (Phi) is 8.08. The molecule has 10 nitrogen and oxygen atoms in total. The number of aliphatic imine (C=N–C) groups is 1. The molecule has 3 N–H and O–H groups in total. The summed E-state index contributed by atoms with van der Waals surface area (Å²) in [5, 5.41) is 2.58. The number of halogens is 2. The van der Waals surface area contributed by atoms with Crippen molar-refractivity contribution in [1.29, 1.82) is 0 Å². The van der Waals surface area contributed by atoms with Crippen LogP contribution in [0.5, 0.6) is 5.88 Å². The molecule has 2 aliphatic heterocycles. The highest BCUT2D eigenvalue weighted by atomic mass is 32.2. The Morgan fingerprint density at radius 3 is 2.64 bits per heavy atom. The molecule has 1 saturated heterocycles. The first kappa shape index (κ1) is 28.3. The Hall–Kier alpha value is -3.76. The molecule has 13 heteroatoms. The average molecular weight is 559 g/mol. The number of carbonyl (C=O) groups is 2. The average Bonchev–Trinajstić information content (AvgIpc) is 2.92. The predicted octanol–water partition coefficient (Wildman–Crippen LogP) is 2.55. The second-order valence-electron chi connectivity index (χ2n) is 9.44. The number of amides is 2. The number of hydrogen-bond donors (Lipinski definition) is 2. The highest BCUT2D eigenvalue weighted by molar-refractivity contribution is 8.15. The summed E-state index contributed by atoms with van der Waals surface area (Å²) in [6.07, 6.45) is 7.52. The van der Waals surface area contributed by atoms with Crippen molar-refractivity contribution in [3.05, 3.63) is 47.4 Å². The maximum Gasteiger partial charge on any atom is 0.275 e. The van der Waals surface area contributed by atoms with Crippen LogP contribution in [0.15, 0.2) is 29.5 Å². The summed E-state index contributed by atoms with van der Waals surface area (Å²) in [7, 11) is 0. The number of nitrogens with two attached hydrogens (primary N) is 1. The lowest BCUT2D eigenvalue weighted by Crippen LogP contribution is -2.58. The first-order valence-corrected chi connectivity index (χ1v) is 12.9. The molecule has 2 amide bonds. The van der Waals surface area contributed by atoms with Gasteiger partial charge in [0.25, 0.3) is 5.91 Å². The molecule has 0 spiro atoms. The number of ether oxygens (including phenoxy) is 2. The number of hydrogen-bond acceptors (Lipinski definition) is 9. The van der Waals surface area contributed by atoms with Crippen LogP contribution >= 0.6 is 11.8 Å². The van der Waals surface area contributed by atoms with Crippen LogP contribution in [0.2, 0.25) is 0 Å². The predicted molar refractivity (Wildman–Crippen MR) is 142 cm³/mol. The molecule has 1 aromatic carbocycles. The molecule has 39 heavy (non-hydrogen) atoms. The van der Waals surface area contributed by atoms with Crippen molar-refractivity contribution >= 4 is 34.4 Å². The molecule has 4 rings (SSSR count). The van der Waals surface area contributed by atoms with Gasteiger partial charge < -0.3 is 25.4 Å². The normalized spacial score (nSPS) is 24.9. The topological polar surface area (TPSA) is 132 Å². The Morgan fingerprint density at radius 2 is 2.00 bits per heavy atom. The molecular weight excluding hydrogens is 530 g/mol. The molecule has 2 aromatic rings. The quantitative estimate of drug-likeness (QED) is 0.517. The van der Waals surface area contributed by atoms with Gasteiger partial charge in [-0.1, -0.05) is 24.6 Å². The van der Waals surface area contributed by atoms with Crippen molar-refractivity contribution in [3.63, 3.8) is 0 Å². The summed E-state index contributed by atoms with van der Waals surface area (Å²) < 4.78 is 39.6. The fourth-order valence-corrected chi connectivity index (χ4v) is 5.93. The largest absolute Gasteiger partial charge is 0.463 e. The van der Waals surface area contributed by atoms with Gasteiger partial charge in [0.05, 0.1) is 31.1 Å². The molecule has 2 aliphatic rings. The Bertz CT molecular complexity index is 1350. The summed E-state index contributed by atoms with van der Waals surface area (Å²) in [5.74, 6) is -1.47. The second kappa shape index (κ2) is 11.2. The number of nitrogens with zero attached hydrogens (tertiary/aromatic N) is 4. The number of thioether (sulfide) groups is 1. The first-order chi connectivity index (χ1) is 18.5. The SMILES string of the molecule is C#CCOc1cnc(C(=O)Nc2cc(F)c(F)c([C@@]3(C)N=C(N)S[C@](C)(C(=O)N4CCOCC4)C3C)c2)cn1. The molecule has 0 aliphatic carbocycles. The van der Waals surface area contributed by atoms with Gasteiger partial charge in [0.2, 0.25) is 11.8 Å². The van der Waals surface area contributed by atoms with E-state index < -0.39 is 33.7 Å². The van der Waals surface area contributed by atoms with Gasteiger partial charge in [0.1, 0.15) is 10.4 Å². The van der Waals surface area contributed by atoms with Gasteiger partial charge in [-0.2, -0.15) is 0 Å². The number of amidine groups is 1. The standard InChI is InChI=1S/C26H28F2N6O4S/c1-5-8-38-20-14-30-19(13-31-20)22(35)32-16-11-17(21(28)18(27)12-16)25(3)15(2)26(4,39-24(29)33-25)23(36)34-6-9-37-10-7-34/h1,11-15H,6-10H2,2-4H3,(H2,29,33)(H,32,35)/t15?,25-,26-/m0/s1. The van der Waals surface area contributed by atoms with Gasteiger partial charge in [0.15, 0.2) is 23.4 Å². The highest BCUT2D eigenvalue weighted by Gasteiger charge is 2.55. The Morgan fingerprint density at radius 1 is 1.28 bits per heavy atom. The molecule has 0 bridgehead atoms. The van der Waals surface area contributed by atoms with Gasteiger partial charge in [-0.05, 0) is 19.9 Å². The van der Waals surface area contributed by atoms with Gasteiger partial charge in [-0.25, -0.2) is 18.7 Å². The van der Waals surface area contributed by atoms with Crippen LogP contribution in [0.25, 0.3) is 0 Å². The number of nitrogens with one attached hydrogen (secondary N) is 1. The van der Waals surface area contributed by atoms with Crippen LogP contribution in [0.3, 0.4) is 0 Å². The van der Waals surface area contributed by atoms with Crippen molar-refractivity contribution < 1.29 is 27.8 Å². The van der Waals surface area contributed by atoms with E-state index in [-0.39, 0.29) is 40.5 Å². The molecular formula is C26H28F2N6O4S. The van der Waals surface area contributed by atoms with Crippen LogP contribution in [-0.4, -0.2) is 69.5 Å². The van der Waals surface area contributed by atoms with E-state index >= 15 is 4.39 Å². The van der Waals surface area contributed by atoms with E-state index in [1.165, 1.54) is 12.3 Å². The molecule has 0 radical (unpaired) electrons. The fourth-order valence-electron chi connectivity index (χ4n) is 4.64. The lowest BCUT2D eigenvalue weighted by molar-refractivity contribution is -0.139. The van der Waals surface area contributed by atoms with Crippen LogP contribution in [0.1, 0.15) is 36.8 Å². The summed E-state index contributed by atoms with van der Waals surface area (Å²) in [5.41, 5.74) is 4.46. The van der Waals surface area contributed by atoms with E-state index in [0.29, 0.717) is 26.3 Å². The first-order valence-electron chi connectivity index (χ1n) is 12.1. The van der Waals surface area contributed by atoms with Crippen LogP contribution in [0, 0.1) is 29.9 Å². The fraction of sp³-hybridized carbons (Fsp3) is 0.423. The molecule has 3 heterocycles. The van der Waals surface area contributed by atoms with Gasteiger partial charge in [-0.3, -0.25) is 14.6 Å². The van der Waals surface area contributed by atoms with Crippen molar-refractivity contribution in [2.24, 2.45) is 16.6 Å². The Labute approximate surface area is 228 Å². The lowest BCUT2D eigenvalue weighted by atomic mass is 9.73. The van der Waals surface area contributed by atoms with Crippen LogP contribution < -0.4 is 15.8 Å². The van der Waals surface area contributed by atoms with Gasteiger partial charge in [0, 0.05) is 36.3 Å². The van der Waals surface area contributed by atoms with Crippen molar-refractivity contribution in [3.8, 4) is 18.2 Å². The highest BCUT2D eigenvalue weighted by Crippen LogP contribution is 2.51. The maximum atomic E-state index is 15.4. The number of benzene rings is 1. The van der Waals surface area contributed by atoms with E-state index in [1.807, 2.05) is 0 Å². The zero-order chi connectivity index (χ0) is 28.4. The summed E-state index contributed by atoms with van der Waals surface area (Å²) >= 11 is 1.10. The maximum absolute atomic E-state index is 15.4. The number of rotatable bonds is 6. The minimum atomic E-state index is -1.44. The monoisotopic (exact) mass is 558 g/mol. The number of terminal acetylenes is 1. The van der Waals surface area contributed by atoms with Gasteiger partial charge in [-0.15, -0.1) is 6.42 Å². The van der Waals surface area contributed by atoms with E-state index in [1.54, 1.807) is 25.7 Å². The number of carbonyl (C=O) groups excluding carboxylic acids is 2. The third kappa shape index (κ3) is 5.53. The molecule has 0 saturated carbocycles. The Balaban J connectivity index is 1.65. The third-order valence-corrected chi connectivity index (χ3v) is 8.30. The zero-order valence-corrected chi connectivity index (χ0v) is 22.5. The third-order valence-electron chi connectivity index (χ3n) is 7.05.